The van der Waals surface area contributed by atoms with Gasteiger partial charge in [0.05, 0.1) is 0 Å². The fraction of sp³-hybridized carbons (Fsp3) is 0.467. The lowest BCUT2D eigenvalue weighted by Crippen LogP contribution is -2.14. The summed E-state index contributed by atoms with van der Waals surface area (Å²) in [4.78, 5) is 0. The molecule has 2 aromatic rings. The first kappa shape index (κ1) is 14.5. The molecule has 1 aliphatic rings. The van der Waals surface area contributed by atoms with Crippen LogP contribution in [-0.4, -0.2) is 21.3 Å². The summed E-state index contributed by atoms with van der Waals surface area (Å²) < 4.78 is 9.13. The van der Waals surface area contributed by atoms with E-state index in [1.165, 1.54) is 18.4 Å². The first-order valence-corrected chi connectivity index (χ1v) is 8.09. The molecule has 21 heavy (non-hydrogen) atoms. The van der Waals surface area contributed by atoms with Crippen LogP contribution < -0.4 is 10.5 Å². The number of aromatic nitrogens is 3. The number of benzene rings is 1. The Morgan fingerprint density at radius 2 is 2.19 bits per heavy atom. The third-order valence-corrected chi connectivity index (χ3v) is 4.51. The summed E-state index contributed by atoms with van der Waals surface area (Å²) in [5.74, 6) is 2.84. The van der Waals surface area contributed by atoms with E-state index in [0.717, 1.165) is 41.3 Å². The highest BCUT2D eigenvalue weighted by molar-refractivity contribution is 9.10. The highest BCUT2D eigenvalue weighted by Gasteiger charge is 2.16. The maximum absolute atomic E-state index is 5.87. The summed E-state index contributed by atoms with van der Waals surface area (Å²) in [6.45, 7) is 2.08. The standard InChI is InChI=1S/C15H19BrN4O/c16-13-5-4-12(9-11(13)6-7-17)21-10-15-19-18-14-3-1-2-8-20(14)15/h4-5,9H,1-3,6-8,10,17H2. The van der Waals surface area contributed by atoms with Crippen molar-refractivity contribution in [2.75, 3.05) is 6.54 Å². The molecule has 1 aliphatic heterocycles. The molecule has 2 heterocycles. The topological polar surface area (TPSA) is 66.0 Å². The minimum absolute atomic E-state index is 0.455. The second-order valence-corrected chi connectivity index (χ2v) is 6.08. The second kappa shape index (κ2) is 6.58. The van der Waals surface area contributed by atoms with Crippen molar-refractivity contribution in [2.24, 2.45) is 5.73 Å². The molecule has 0 fully saturated rings. The Morgan fingerprint density at radius 3 is 3.05 bits per heavy atom. The number of nitrogens with zero attached hydrogens (tertiary/aromatic N) is 3. The number of hydrogen-bond donors (Lipinski definition) is 1. The van der Waals surface area contributed by atoms with Gasteiger partial charge in [-0.1, -0.05) is 15.9 Å². The van der Waals surface area contributed by atoms with Gasteiger partial charge in [0.25, 0.3) is 0 Å². The third-order valence-electron chi connectivity index (χ3n) is 3.73. The Balaban J connectivity index is 1.70. The summed E-state index contributed by atoms with van der Waals surface area (Å²) in [6, 6.07) is 5.99. The zero-order chi connectivity index (χ0) is 14.7. The average Bonchev–Trinajstić information content (AvgIpc) is 2.92. The first-order valence-electron chi connectivity index (χ1n) is 7.30. The van der Waals surface area contributed by atoms with Crippen LogP contribution in [0, 0.1) is 0 Å². The number of rotatable bonds is 5. The normalized spacial score (nSPS) is 14.0. The maximum Gasteiger partial charge on any atom is 0.171 e. The molecule has 5 nitrogen and oxygen atoms in total. The summed E-state index contributed by atoms with van der Waals surface area (Å²) >= 11 is 3.53. The highest BCUT2D eigenvalue weighted by Crippen LogP contribution is 2.24. The van der Waals surface area contributed by atoms with E-state index in [2.05, 4.69) is 30.7 Å². The van der Waals surface area contributed by atoms with Crippen LogP contribution in [0.5, 0.6) is 5.75 Å². The smallest absolute Gasteiger partial charge is 0.171 e. The fourth-order valence-electron chi connectivity index (χ4n) is 2.61. The van der Waals surface area contributed by atoms with Crippen LogP contribution in [0.15, 0.2) is 22.7 Å². The molecule has 0 amide bonds. The summed E-state index contributed by atoms with van der Waals surface area (Å²) in [5.41, 5.74) is 6.79. The van der Waals surface area contributed by atoms with Gasteiger partial charge in [0.15, 0.2) is 5.82 Å². The van der Waals surface area contributed by atoms with Gasteiger partial charge in [-0.2, -0.15) is 0 Å². The van der Waals surface area contributed by atoms with Gasteiger partial charge in [0, 0.05) is 17.4 Å². The van der Waals surface area contributed by atoms with Crippen LogP contribution >= 0.6 is 15.9 Å². The molecular weight excluding hydrogens is 332 g/mol. The Kier molecular flexibility index (Phi) is 4.55. The van der Waals surface area contributed by atoms with Gasteiger partial charge in [0.2, 0.25) is 0 Å². The van der Waals surface area contributed by atoms with E-state index >= 15 is 0 Å². The molecule has 2 N–H and O–H groups in total. The third kappa shape index (κ3) is 3.27. The van der Waals surface area contributed by atoms with Crippen molar-refractivity contribution in [3.05, 3.63) is 39.9 Å². The van der Waals surface area contributed by atoms with Gasteiger partial charge in [-0.05, 0) is 49.6 Å². The number of halogens is 1. The molecule has 0 saturated carbocycles. The zero-order valence-electron chi connectivity index (χ0n) is 11.9. The molecule has 1 aromatic carbocycles. The maximum atomic E-state index is 5.87. The lowest BCUT2D eigenvalue weighted by molar-refractivity contribution is 0.286. The van der Waals surface area contributed by atoms with E-state index in [9.17, 15) is 0 Å². The van der Waals surface area contributed by atoms with Crippen LogP contribution in [0.25, 0.3) is 0 Å². The van der Waals surface area contributed by atoms with Crippen LogP contribution in [0.4, 0.5) is 0 Å². The van der Waals surface area contributed by atoms with Crippen LogP contribution in [-0.2, 0) is 26.0 Å². The number of fused-ring (bicyclic) bond motifs is 1. The predicted octanol–water partition coefficient (Wildman–Crippen LogP) is 2.46. The van der Waals surface area contributed by atoms with Gasteiger partial charge < -0.3 is 15.0 Å². The summed E-state index contributed by atoms with van der Waals surface area (Å²) in [7, 11) is 0. The first-order chi connectivity index (χ1) is 10.3. The van der Waals surface area contributed by atoms with Crippen molar-refractivity contribution in [1.82, 2.24) is 14.8 Å². The van der Waals surface area contributed by atoms with Gasteiger partial charge in [-0.25, -0.2) is 0 Å². The molecule has 112 valence electrons. The average molecular weight is 351 g/mol. The van der Waals surface area contributed by atoms with E-state index in [1.807, 2.05) is 18.2 Å². The van der Waals surface area contributed by atoms with Gasteiger partial charge in [-0.3, -0.25) is 0 Å². The highest BCUT2D eigenvalue weighted by atomic mass is 79.9. The number of hydrogen-bond acceptors (Lipinski definition) is 4. The summed E-state index contributed by atoms with van der Waals surface area (Å²) in [5, 5.41) is 8.49. The van der Waals surface area contributed by atoms with Crippen molar-refractivity contribution in [3.63, 3.8) is 0 Å². The Morgan fingerprint density at radius 1 is 1.29 bits per heavy atom. The second-order valence-electron chi connectivity index (χ2n) is 5.22. The molecule has 0 saturated heterocycles. The minimum atomic E-state index is 0.455. The molecule has 0 radical (unpaired) electrons. The Hall–Kier alpha value is -1.40. The Bertz CT molecular complexity index is 626. The van der Waals surface area contributed by atoms with E-state index in [0.29, 0.717) is 13.2 Å². The lowest BCUT2D eigenvalue weighted by atomic mass is 10.1. The molecule has 0 aliphatic carbocycles. The van der Waals surface area contributed by atoms with E-state index in [4.69, 9.17) is 10.5 Å². The molecule has 0 atom stereocenters. The van der Waals surface area contributed by atoms with E-state index in [-0.39, 0.29) is 0 Å². The minimum Gasteiger partial charge on any atom is -0.486 e. The molecule has 3 rings (SSSR count). The number of nitrogens with two attached hydrogens (primary N) is 1. The van der Waals surface area contributed by atoms with Crippen LogP contribution in [0.2, 0.25) is 0 Å². The molecule has 0 spiro atoms. The monoisotopic (exact) mass is 350 g/mol. The van der Waals surface area contributed by atoms with Crippen molar-refractivity contribution in [1.29, 1.82) is 0 Å². The number of ether oxygens (including phenoxy) is 1. The largest absolute Gasteiger partial charge is 0.486 e. The Labute approximate surface area is 132 Å². The van der Waals surface area contributed by atoms with Crippen molar-refractivity contribution in [3.8, 4) is 5.75 Å². The van der Waals surface area contributed by atoms with E-state index < -0.39 is 0 Å². The predicted molar refractivity (Wildman–Crippen MR) is 84.2 cm³/mol. The van der Waals surface area contributed by atoms with Crippen molar-refractivity contribution in [2.45, 2.75) is 38.8 Å². The van der Waals surface area contributed by atoms with Crippen molar-refractivity contribution >= 4 is 15.9 Å². The van der Waals surface area contributed by atoms with Crippen molar-refractivity contribution < 1.29 is 4.74 Å². The summed E-state index contributed by atoms with van der Waals surface area (Å²) in [6.07, 6.45) is 4.25. The molecular formula is C15H19BrN4O. The quantitative estimate of drug-likeness (QED) is 0.899. The molecule has 0 unspecified atom stereocenters. The fourth-order valence-corrected chi connectivity index (χ4v) is 3.06. The van der Waals surface area contributed by atoms with Gasteiger partial charge in [-0.15, -0.1) is 10.2 Å². The van der Waals surface area contributed by atoms with Gasteiger partial charge >= 0.3 is 0 Å². The molecule has 1 aromatic heterocycles. The zero-order valence-corrected chi connectivity index (χ0v) is 13.5. The number of aryl methyl sites for hydroxylation is 1. The van der Waals surface area contributed by atoms with Crippen LogP contribution in [0.3, 0.4) is 0 Å². The van der Waals surface area contributed by atoms with Crippen LogP contribution in [0.1, 0.15) is 30.1 Å². The molecule has 6 heteroatoms. The molecule has 0 bridgehead atoms. The van der Waals surface area contributed by atoms with Gasteiger partial charge in [0.1, 0.15) is 18.2 Å². The SMILES string of the molecule is NCCc1cc(OCc2nnc3n2CCCC3)ccc1Br. The van der Waals surface area contributed by atoms with E-state index in [1.54, 1.807) is 0 Å². The lowest BCUT2D eigenvalue weighted by Gasteiger charge is -2.15.